The van der Waals surface area contributed by atoms with E-state index < -0.39 is 15.7 Å². The molecule has 2 aliphatic rings. The molecule has 0 bridgehead atoms. The first-order valence-electron chi connectivity index (χ1n) is 6.75. The third-order valence-electron chi connectivity index (χ3n) is 3.96. The Morgan fingerprint density at radius 1 is 1.14 bits per heavy atom. The number of piperazine rings is 1. The second-order valence-corrected chi connectivity index (χ2v) is 7.19. The Labute approximate surface area is 123 Å². The topological polar surface area (TPSA) is 83.7 Å². The maximum Gasteiger partial charge on any atom is 0.262 e. The molecule has 6 nitrogen and oxygen atoms in total. The Morgan fingerprint density at radius 3 is 2.38 bits per heavy atom. The highest BCUT2D eigenvalue weighted by atomic mass is 32.2. The lowest BCUT2D eigenvalue weighted by Crippen LogP contribution is -2.43. The monoisotopic (exact) mass is 307 g/mol. The van der Waals surface area contributed by atoms with Crippen molar-refractivity contribution in [3.63, 3.8) is 0 Å². The van der Waals surface area contributed by atoms with E-state index in [9.17, 15) is 13.2 Å². The Kier molecular flexibility index (Phi) is 3.26. The number of carbonyl (C=O) groups excluding carboxylic acids is 1. The summed E-state index contributed by atoms with van der Waals surface area (Å²) in [6, 6.07) is 6.68. The molecule has 1 aromatic carbocycles. The molecule has 0 aromatic heterocycles. The van der Waals surface area contributed by atoms with Crippen LogP contribution in [0.4, 0.5) is 0 Å². The van der Waals surface area contributed by atoms with Crippen LogP contribution in [0.2, 0.25) is 0 Å². The van der Waals surface area contributed by atoms with Crippen molar-refractivity contribution >= 4 is 21.4 Å². The quantitative estimate of drug-likeness (QED) is 0.823. The van der Waals surface area contributed by atoms with E-state index in [-0.39, 0.29) is 9.80 Å². The molecule has 2 N–H and O–H groups in total. The molecule has 1 fully saturated rings. The second kappa shape index (κ2) is 4.85. The molecule has 2 aliphatic heterocycles. The maximum atomic E-state index is 12.5. The van der Waals surface area contributed by atoms with Crippen LogP contribution in [0.1, 0.15) is 5.56 Å². The van der Waals surface area contributed by atoms with Crippen LogP contribution in [-0.2, 0) is 14.6 Å². The van der Waals surface area contributed by atoms with E-state index in [1.165, 1.54) is 6.07 Å². The molecular formula is C14H17N3O3S. The number of fused-ring (bicyclic) bond motifs is 1. The summed E-state index contributed by atoms with van der Waals surface area (Å²) in [4.78, 5) is 15.8. The fraction of sp³-hybridized carbons (Fsp3) is 0.357. The first kappa shape index (κ1) is 14.1. The van der Waals surface area contributed by atoms with Crippen molar-refractivity contribution < 1.29 is 13.2 Å². The van der Waals surface area contributed by atoms with Crippen LogP contribution >= 0.6 is 0 Å². The van der Waals surface area contributed by atoms with Crippen LogP contribution in [0.15, 0.2) is 34.1 Å². The van der Waals surface area contributed by atoms with Crippen LogP contribution in [0.3, 0.4) is 0 Å². The highest BCUT2D eigenvalue weighted by Gasteiger charge is 2.41. The third-order valence-corrected chi connectivity index (χ3v) is 5.83. The Hall–Kier alpha value is -1.86. The number of primary amides is 1. The van der Waals surface area contributed by atoms with Crippen LogP contribution in [0.5, 0.6) is 0 Å². The molecule has 0 aliphatic carbocycles. The summed E-state index contributed by atoms with van der Waals surface area (Å²) in [7, 11) is -1.79. The fourth-order valence-electron chi connectivity index (χ4n) is 2.85. The number of sulfone groups is 1. The fourth-order valence-corrected chi connectivity index (χ4v) is 4.54. The van der Waals surface area contributed by atoms with Crippen molar-refractivity contribution in [3.05, 3.63) is 34.7 Å². The van der Waals surface area contributed by atoms with Gasteiger partial charge in [-0.25, -0.2) is 8.42 Å². The van der Waals surface area contributed by atoms with Gasteiger partial charge in [0.15, 0.2) is 4.91 Å². The van der Waals surface area contributed by atoms with Crippen molar-refractivity contribution in [1.29, 1.82) is 0 Å². The van der Waals surface area contributed by atoms with Gasteiger partial charge in [0.2, 0.25) is 9.84 Å². The van der Waals surface area contributed by atoms with Crippen LogP contribution in [0, 0.1) is 0 Å². The molecule has 7 heteroatoms. The predicted octanol–water partition coefficient (Wildman–Crippen LogP) is -0.125. The lowest BCUT2D eigenvalue weighted by atomic mass is 10.1. The molecule has 0 saturated carbocycles. The Bertz CT molecular complexity index is 732. The van der Waals surface area contributed by atoms with E-state index in [4.69, 9.17) is 5.73 Å². The number of likely N-dealkylation sites (N-methyl/N-ethyl adjacent to an activating group) is 1. The van der Waals surface area contributed by atoms with Gasteiger partial charge in [-0.05, 0) is 13.1 Å². The van der Waals surface area contributed by atoms with Gasteiger partial charge in [0.1, 0.15) is 0 Å². The molecule has 1 amide bonds. The van der Waals surface area contributed by atoms with E-state index in [0.29, 0.717) is 24.4 Å². The molecule has 0 radical (unpaired) electrons. The largest absolute Gasteiger partial charge is 0.367 e. The molecular weight excluding hydrogens is 290 g/mol. The minimum Gasteiger partial charge on any atom is -0.367 e. The summed E-state index contributed by atoms with van der Waals surface area (Å²) in [6.07, 6.45) is 0. The summed E-state index contributed by atoms with van der Waals surface area (Å²) in [6.45, 7) is 2.98. The lowest BCUT2D eigenvalue weighted by molar-refractivity contribution is -0.113. The van der Waals surface area contributed by atoms with Gasteiger partial charge in [-0.3, -0.25) is 4.79 Å². The molecule has 3 rings (SSSR count). The number of carbonyl (C=O) groups is 1. The van der Waals surface area contributed by atoms with Gasteiger partial charge in [-0.1, -0.05) is 18.2 Å². The molecule has 112 valence electrons. The number of amides is 1. The standard InChI is InChI=1S/C14H17N3O3S/c1-16-6-8-17(9-7-16)12-10-4-2-3-5-11(10)21(19,20)13(12)14(15)18/h2-5H,6-9H2,1H3,(H2,15,18). The van der Waals surface area contributed by atoms with Gasteiger partial charge < -0.3 is 15.5 Å². The van der Waals surface area contributed by atoms with Crippen molar-refractivity contribution in [3.8, 4) is 0 Å². The zero-order valence-corrected chi connectivity index (χ0v) is 12.6. The molecule has 0 spiro atoms. The van der Waals surface area contributed by atoms with Gasteiger partial charge in [0.25, 0.3) is 5.91 Å². The van der Waals surface area contributed by atoms with Crippen LogP contribution in [-0.4, -0.2) is 57.4 Å². The lowest BCUT2D eigenvalue weighted by Gasteiger charge is -2.35. The number of hydrogen-bond acceptors (Lipinski definition) is 5. The van der Waals surface area contributed by atoms with E-state index in [1.807, 2.05) is 11.9 Å². The zero-order valence-electron chi connectivity index (χ0n) is 11.7. The van der Waals surface area contributed by atoms with E-state index in [0.717, 1.165) is 13.1 Å². The summed E-state index contributed by atoms with van der Waals surface area (Å²) in [5, 5.41) is 0. The van der Waals surface area contributed by atoms with Crippen molar-refractivity contribution in [2.75, 3.05) is 33.2 Å². The van der Waals surface area contributed by atoms with Crippen LogP contribution < -0.4 is 5.73 Å². The third kappa shape index (κ3) is 2.13. The second-order valence-electron chi connectivity index (χ2n) is 5.33. The minimum absolute atomic E-state index is 0.174. The first-order valence-corrected chi connectivity index (χ1v) is 8.23. The Balaban J connectivity index is 2.18. The summed E-state index contributed by atoms with van der Waals surface area (Å²) < 4.78 is 25.1. The smallest absolute Gasteiger partial charge is 0.262 e. The molecule has 0 unspecified atom stereocenters. The van der Waals surface area contributed by atoms with Gasteiger partial charge in [-0.2, -0.15) is 0 Å². The van der Waals surface area contributed by atoms with Crippen molar-refractivity contribution in [2.24, 2.45) is 5.73 Å². The average Bonchev–Trinajstić information content (AvgIpc) is 2.68. The summed E-state index contributed by atoms with van der Waals surface area (Å²) in [5.41, 5.74) is 6.41. The summed E-state index contributed by atoms with van der Waals surface area (Å²) >= 11 is 0. The predicted molar refractivity (Wildman–Crippen MR) is 78.8 cm³/mol. The molecule has 0 atom stereocenters. The van der Waals surface area contributed by atoms with Gasteiger partial charge >= 0.3 is 0 Å². The molecule has 21 heavy (non-hydrogen) atoms. The van der Waals surface area contributed by atoms with Crippen molar-refractivity contribution in [2.45, 2.75) is 4.90 Å². The number of benzene rings is 1. The SMILES string of the molecule is CN1CCN(C2=C(C(N)=O)S(=O)(=O)c3ccccc32)CC1. The molecule has 1 saturated heterocycles. The number of nitrogens with two attached hydrogens (primary N) is 1. The minimum atomic E-state index is -3.81. The van der Waals surface area contributed by atoms with Gasteiger partial charge in [0, 0.05) is 31.7 Å². The van der Waals surface area contributed by atoms with Gasteiger partial charge in [-0.15, -0.1) is 0 Å². The first-order chi connectivity index (χ1) is 9.93. The van der Waals surface area contributed by atoms with Gasteiger partial charge in [0.05, 0.1) is 10.6 Å². The maximum absolute atomic E-state index is 12.5. The highest BCUT2D eigenvalue weighted by molar-refractivity contribution is 7.97. The number of rotatable bonds is 2. The average molecular weight is 307 g/mol. The molecule has 2 heterocycles. The number of nitrogens with zero attached hydrogens (tertiary/aromatic N) is 2. The summed E-state index contributed by atoms with van der Waals surface area (Å²) in [5.74, 6) is -0.889. The van der Waals surface area contributed by atoms with E-state index in [2.05, 4.69) is 4.90 Å². The zero-order chi connectivity index (χ0) is 15.2. The molecule has 1 aromatic rings. The van der Waals surface area contributed by atoms with Crippen molar-refractivity contribution in [1.82, 2.24) is 9.80 Å². The Morgan fingerprint density at radius 2 is 1.76 bits per heavy atom. The van der Waals surface area contributed by atoms with Crippen LogP contribution in [0.25, 0.3) is 5.70 Å². The van der Waals surface area contributed by atoms with E-state index >= 15 is 0 Å². The number of hydrogen-bond donors (Lipinski definition) is 1. The highest BCUT2D eigenvalue weighted by Crippen LogP contribution is 2.40. The van der Waals surface area contributed by atoms with E-state index in [1.54, 1.807) is 18.2 Å². The normalized spacial score (nSPS) is 21.5.